The smallest absolute Gasteiger partial charge is 0.303 e. The van der Waals surface area contributed by atoms with E-state index < -0.39 is 221 Å². The molecule has 30 atom stereocenters. The predicted molar refractivity (Wildman–Crippen MR) is 302 cm³/mol. The highest BCUT2D eigenvalue weighted by Gasteiger charge is 2.57. The molecule has 6 rings (SSSR count). The number of esters is 4. The molecule has 6 heterocycles. The summed E-state index contributed by atoms with van der Waals surface area (Å²) in [7, 11) is 0. The molecule has 0 aromatic heterocycles. The zero-order chi connectivity index (χ0) is 67.5. The van der Waals surface area contributed by atoms with E-state index in [1.807, 2.05) is 19.9 Å². The summed E-state index contributed by atoms with van der Waals surface area (Å²) in [6.45, 7) is 14.2. The van der Waals surface area contributed by atoms with Crippen molar-refractivity contribution in [3.05, 3.63) is 34.9 Å². The van der Waals surface area contributed by atoms with Crippen LogP contribution in [0.15, 0.2) is 34.9 Å². The van der Waals surface area contributed by atoms with Crippen LogP contribution in [0.1, 0.15) is 102 Å². The van der Waals surface area contributed by atoms with Gasteiger partial charge < -0.3 is 137 Å². The van der Waals surface area contributed by atoms with Gasteiger partial charge in [-0.1, -0.05) is 34.9 Å². The van der Waals surface area contributed by atoms with Crippen LogP contribution in [-0.2, 0) is 95.0 Å². The minimum Gasteiger partial charge on any atom is -0.455 e. The summed E-state index contributed by atoms with van der Waals surface area (Å²) < 4.78 is 91.2. The topological polar surface area (TPSA) is 459 Å². The predicted octanol–water partition coefficient (Wildman–Crippen LogP) is -3.29. The van der Waals surface area contributed by atoms with Crippen molar-refractivity contribution in [1.29, 1.82) is 0 Å². The van der Waals surface area contributed by atoms with Crippen LogP contribution in [-0.4, -0.2) is 296 Å². The molecule has 0 radical (unpaired) electrons. The number of rotatable bonds is 26. The van der Waals surface area contributed by atoms with Crippen LogP contribution in [0.2, 0.25) is 0 Å². The first kappa shape index (κ1) is 76.2. The number of hydrogen-bond donors (Lipinski definition) is 12. The first-order valence-electron chi connectivity index (χ1n) is 30.3. The molecule has 32 nitrogen and oxygen atoms in total. The summed E-state index contributed by atoms with van der Waals surface area (Å²) in [5.74, 6) is -3.25. The molecular weight excluding hydrogens is 1220 g/mol. The van der Waals surface area contributed by atoms with Crippen LogP contribution in [0.3, 0.4) is 0 Å². The van der Waals surface area contributed by atoms with Crippen molar-refractivity contribution in [2.45, 2.75) is 286 Å². The van der Waals surface area contributed by atoms with E-state index in [1.54, 1.807) is 13.0 Å². The van der Waals surface area contributed by atoms with Gasteiger partial charge in [0.05, 0.1) is 50.8 Å². The van der Waals surface area contributed by atoms with Gasteiger partial charge in [-0.15, -0.1) is 0 Å². The van der Waals surface area contributed by atoms with Gasteiger partial charge in [-0.2, -0.15) is 0 Å². The zero-order valence-electron chi connectivity index (χ0n) is 52.7. The Labute approximate surface area is 526 Å². The number of aliphatic hydroxyl groups is 12. The number of allylic oxidation sites excluding steroid dienone is 4. The van der Waals surface area contributed by atoms with Gasteiger partial charge in [0.15, 0.2) is 62.2 Å². The monoisotopic (exact) mass is 1310 g/mol. The average Bonchev–Trinajstić information content (AvgIpc) is 0.807. The van der Waals surface area contributed by atoms with E-state index in [2.05, 4.69) is 6.08 Å². The highest BCUT2D eigenvalue weighted by Crippen LogP contribution is 2.37. The fourth-order valence-electron chi connectivity index (χ4n) is 11.3. The van der Waals surface area contributed by atoms with Crippen molar-refractivity contribution in [3.63, 3.8) is 0 Å². The number of ether oxygens (including phenoxy) is 16. The van der Waals surface area contributed by atoms with Gasteiger partial charge in [-0.25, -0.2) is 0 Å². The second-order valence-corrected chi connectivity index (χ2v) is 23.8. The molecule has 0 amide bonds. The minimum absolute atomic E-state index is 0.0495. The van der Waals surface area contributed by atoms with Crippen LogP contribution < -0.4 is 0 Å². The third kappa shape index (κ3) is 19.9. The Bertz CT molecular complexity index is 2430. The van der Waals surface area contributed by atoms with Crippen LogP contribution in [0.25, 0.3) is 0 Å². The van der Waals surface area contributed by atoms with Crippen molar-refractivity contribution < 1.29 is 156 Å². The summed E-state index contributed by atoms with van der Waals surface area (Å²) in [6, 6.07) is 0. The summed E-state index contributed by atoms with van der Waals surface area (Å²) in [4.78, 5) is 47.9. The Kier molecular flexibility index (Phi) is 29.0. The highest BCUT2D eigenvalue weighted by atomic mass is 16.8. The fraction of sp³-hybridized carbons (Fsp3) is 0.831. The second kappa shape index (κ2) is 34.7. The minimum atomic E-state index is -1.89. The Morgan fingerprint density at radius 2 is 0.681 bits per heavy atom. The van der Waals surface area contributed by atoms with E-state index in [0.717, 1.165) is 44.4 Å². The lowest BCUT2D eigenvalue weighted by molar-refractivity contribution is -0.375. The molecule has 30 unspecified atom stereocenters. The summed E-state index contributed by atoms with van der Waals surface area (Å²) in [5.41, 5.74) is 2.74. The van der Waals surface area contributed by atoms with Crippen molar-refractivity contribution in [2.24, 2.45) is 0 Å². The number of aliphatic hydroxyl groups excluding tert-OH is 12. The molecule has 0 aliphatic carbocycles. The molecule has 0 spiro atoms. The van der Waals surface area contributed by atoms with Crippen LogP contribution >= 0.6 is 0 Å². The Morgan fingerprint density at radius 3 is 1.07 bits per heavy atom. The largest absolute Gasteiger partial charge is 0.455 e. The maximum absolute atomic E-state index is 12.1. The molecule has 0 saturated carbocycles. The molecular formula is C59H94O32. The molecule has 0 aromatic carbocycles. The van der Waals surface area contributed by atoms with Crippen molar-refractivity contribution in [1.82, 2.24) is 0 Å². The lowest BCUT2D eigenvalue weighted by atomic mass is 9.96. The van der Waals surface area contributed by atoms with Crippen molar-refractivity contribution >= 4 is 23.9 Å². The standard InChI is InChI=1S/C59H94O32/c1-23(15-13-17-25(3)22-77-55-45(75)49(39(69)35(21-61)87-55)91-57-43(73)41(71)47(29(7)81-57)89-59-53(85-33(11)65)51(83-31(9)63)37(67)27(5)79-59)14-12-16-24(2)18-19-76-54-44(74)48(38(68)34(20-60)86-54)90-56-42(72)40(70)46(28(6)80-56)88-58-52(84-32(10)64)50(82-30(8)62)36(66)26(4)78-58/h14,17-18,26-29,34-61,66-75H,12-13,15-16,19-22H2,1-11H3/b23-14+,24-18+,25-17+. The van der Waals surface area contributed by atoms with Gasteiger partial charge in [0.25, 0.3) is 0 Å². The van der Waals surface area contributed by atoms with Crippen LogP contribution in [0, 0.1) is 0 Å². The molecule has 6 saturated heterocycles. The van der Waals surface area contributed by atoms with Gasteiger partial charge in [-0.05, 0) is 74.1 Å². The zero-order valence-corrected chi connectivity index (χ0v) is 52.7. The van der Waals surface area contributed by atoms with E-state index in [0.29, 0.717) is 25.7 Å². The molecule has 6 aliphatic heterocycles. The Morgan fingerprint density at radius 1 is 0.341 bits per heavy atom. The first-order chi connectivity index (χ1) is 42.9. The van der Waals surface area contributed by atoms with Crippen LogP contribution in [0.4, 0.5) is 0 Å². The van der Waals surface area contributed by atoms with Gasteiger partial charge in [0.2, 0.25) is 0 Å². The van der Waals surface area contributed by atoms with E-state index in [9.17, 15) is 80.5 Å². The van der Waals surface area contributed by atoms with Gasteiger partial charge in [-0.3, -0.25) is 19.2 Å². The Balaban J connectivity index is 0.946. The quantitative estimate of drug-likeness (QED) is 0.0229. The van der Waals surface area contributed by atoms with Gasteiger partial charge in [0, 0.05) is 27.7 Å². The lowest BCUT2D eigenvalue weighted by Crippen LogP contribution is -2.66. The fourth-order valence-corrected chi connectivity index (χ4v) is 11.3. The number of carbonyl (C=O) groups is 4. The summed E-state index contributed by atoms with van der Waals surface area (Å²) in [6.07, 6.45) is -36.8. The molecule has 32 heteroatoms. The van der Waals surface area contributed by atoms with E-state index >= 15 is 0 Å². The third-order valence-corrected chi connectivity index (χ3v) is 16.3. The lowest BCUT2D eigenvalue weighted by Gasteiger charge is -2.48. The Hall–Kier alpha value is -3.86. The maximum Gasteiger partial charge on any atom is 0.303 e. The van der Waals surface area contributed by atoms with Crippen LogP contribution in [0.5, 0.6) is 0 Å². The normalized spacial score (nSPS) is 42.7. The van der Waals surface area contributed by atoms with E-state index in [-0.39, 0.29) is 13.2 Å². The van der Waals surface area contributed by atoms with Gasteiger partial charge in [0.1, 0.15) is 97.7 Å². The molecule has 522 valence electrons. The summed E-state index contributed by atoms with van der Waals surface area (Å²) in [5, 5.41) is 132. The molecule has 0 aromatic rings. The third-order valence-electron chi connectivity index (χ3n) is 16.3. The van der Waals surface area contributed by atoms with E-state index in [4.69, 9.17) is 75.8 Å². The maximum atomic E-state index is 12.1. The molecule has 12 N–H and O–H groups in total. The molecule has 6 aliphatic rings. The van der Waals surface area contributed by atoms with Gasteiger partial charge >= 0.3 is 23.9 Å². The first-order valence-corrected chi connectivity index (χ1v) is 30.3. The second-order valence-electron chi connectivity index (χ2n) is 23.8. The highest BCUT2D eigenvalue weighted by molar-refractivity contribution is 5.68. The van der Waals surface area contributed by atoms with Crippen molar-refractivity contribution in [2.75, 3.05) is 26.4 Å². The van der Waals surface area contributed by atoms with E-state index in [1.165, 1.54) is 27.7 Å². The molecule has 0 bridgehead atoms. The molecule has 91 heavy (non-hydrogen) atoms. The SMILES string of the molecule is CC(=O)OC1C(OC2C(C)OC(OC3C(O)C(CO)OC(OC/C=C(\C)CC/C=C(\C)CC/C=C(\C)COC4OC(CO)C(O)C(OC5OC(C)C(OC6OC(C)C(O)C(OC(C)=O)C6OC(C)=O)C(O)C5O)C4O)C3O)C(O)C2O)OC(C)C(O)C1OC(C)=O. The van der Waals surface area contributed by atoms with Crippen molar-refractivity contribution in [3.8, 4) is 0 Å². The average molecular weight is 1320 g/mol. The number of hydrogen-bond acceptors (Lipinski definition) is 32. The molecule has 6 fully saturated rings. The number of carbonyl (C=O) groups excluding carboxylic acids is 4. The summed E-state index contributed by atoms with van der Waals surface area (Å²) >= 11 is 0.